The van der Waals surface area contributed by atoms with Gasteiger partial charge in [0.05, 0.1) is 0 Å². The monoisotopic (exact) mass is 549 g/mol. The van der Waals surface area contributed by atoms with Crippen molar-refractivity contribution < 1.29 is 35.9 Å². The number of amides is 2. The van der Waals surface area contributed by atoms with Crippen LogP contribution < -0.4 is 10.6 Å². The third kappa shape index (κ3) is 5.62. The Morgan fingerprint density at radius 1 is 1.08 bits per heavy atom. The van der Waals surface area contributed by atoms with Crippen molar-refractivity contribution >= 4 is 28.2 Å². The van der Waals surface area contributed by atoms with Crippen LogP contribution in [0.25, 0.3) is 11.3 Å². The molecule has 18 heteroatoms. The molecule has 0 bridgehead atoms. The van der Waals surface area contributed by atoms with Crippen molar-refractivity contribution in [1.29, 1.82) is 0 Å². The van der Waals surface area contributed by atoms with Gasteiger partial charge in [0.25, 0.3) is 5.91 Å². The van der Waals surface area contributed by atoms with Crippen LogP contribution in [0.5, 0.6) is 0 Å². The molecule has 3 aromatic rings. The van der Waals surface area contributed by atoms with E-state index in [4.69, 9.17) is 5.73 Å². The number of nitrogens with zero attached hydrogens (tertiary/aromatic N) is 8. The van der Waals surface area contributed by atoms with Gasteiger partial charge in [0, 0.05) is 43.6 Å². The zero-order valence-corrected chi connectivity index (χ0v) is 19.6. The van der Waals surface area contributed by atoms with Gasteiger partial charge in [-0.25, -0.2) is 24.6 Å². The van der Waals surface area contributed by atoms with Gasteiger partial charge in [-0.3, -0.25) is 9.59 Å². The van der Waals surface area contributed by atoms with Crippen molar-refractivity contribution in [1.82, 2.24) is 34.6 Å². The molecule has 0 radical (unpaired) electrons. The van der Waals surface area contributed by atoms with E-state index < -0.39 is 35.1 Å². The molecule has 1 saturated heterocycles. The highest BCUT2D eigenvalue weighted by molar-refractivity contribution is 7.16. The molecule has 37 heavy (non-hydrogen) atoms. The maximum atomic E-state index is 13.4. The summed E-state index contributed by atoms with van der Waals surface area (Å²) in [5.74, 6) is -2.91. The molecule has 0 aliphatic carbocycles. The third-order valence-electron chi connectivity index (χ3n) is 5.32. The summed E-state index contributed by atoms with van der Waals surface area (Å²) in [6.07, 6.45) is -6.87. The van der Waals surface area contributed by atoms with E-state index >= 15 is 0 Å². The van der Waals surface area contributed by atoms with E-state index in [1.54, 1.807) is 11.8 Å². The van der Waals surface area contributed by atoms with Gasteiger partial charge in [-0.2, -0.15) is 26.3 Å². The molecule has 4 rings (SSSR count). The summed E-state index contributed by atoms with van der Waals surface area (Å²) in [6.45, 7) is 1.81. The molecule has 1 atom stereocenters. The number of nitrogens with two attached hydrogens (primary N) is 1. The molecule has 2 N–H and O–H groups in total. The number of carbonyl (C=O) groups is 2. The topological polar surface area (TPSA) is 136 Å². The Kier molecular flexibility index (Phi) is 6.78. The summed E-state index contributed by atoms with van der Waals surface area (Å²) in [5.41, 5.74) is 4.77. The first-order valence-electron chi connectivity index (χ1n) is 10.5. The van der Waals surface area contributed by atoms with Gasteiger partial charge in [0.1, 0.15) is 23.6 Å². The fourth-order valence-corrected chi connectivity index (χ4v) is 4.65. The number of primary amides is 1. The molecule has 11 nitrogen and oxygen atoms in total. The zero-order chi connectivity index (χ0) is 27.1. The lowest BCUT2D eigenvalue weighted by Crippen LogP contribution is -2.54. The van der Waals surface area contributed by atoms with Crippen LogP contribution in [0.3, 0.4) is 0 Å². The second-order valence-corrected chi connectivity index (χ2v) is 8.95. The van der Waals surface area contributed by atoms with E-state index in [1.807, 2.05) is 0 Å². The zero-order valence-electron chi connectivity index (χ0n) is 18.8. The summed E-state index contributed by atoms with van der Waals surface area (Å²) in [7, 11) is 0. The highest BCUT2D eigenvalue weighted by atomic mass is 32.1. The Balaban J connectivity index is 1.55. The van der Waals surface area contributed by atoms with Crippen LogP contribution in [0.1, 0.15) is 28.4 Å². The number of rotatable bonds is 5. The van der Waals surface area contributed by atoms with Gasteiger partial charge in [-0.15, -0.1) is 5.10 Å². The van der Waals surface area contributed by atoms with Crippen molar-refractivity contribution in [3.63, 3.8) is 0 Å². The molecule has 3 aromatic heterocycles. The largest absolute Gasteiger partial charge is 0.451 e. The average Bonchev–Trinajstić information content (AvgIpc) is 3.46. The van der Waals surface area contributed by atoms with Crippen molar-refractivity contribution in [2.45, 2.75) is 31.9 Å². The van der Waals surface area contributed by atoms with Crippen molar-refractivity contribution in [3.05, 3.63) is 35.4 Å². The second kappa shape index (κ2) is 9.56. The number of piperazine rings is 1. The van der Waals surface area contributed by atoms with E-state index in [1.165, 1.54) is 11.2 Å². The molecule has 0 unspecified atom stereocenters. The van der Waals surface area contributed by atoms with Crippen LogP contribution in [0.15, 0.2) is 18.7 Å². The molecular formula is C19H17F6N9O2S. The highest BCUT2D eigenvalue weighted by Crippen LogP contribution is 2.43. The van der Waals surface area contributed by atoms with E-state index in [-0.39, 0.29) is 54.2 Å². The quantitative estimate of drug-likeness (QED) is 0.478. The number of alkyl halides is 6. The second-order valence-electron chi connectivity index (χ2n) is 7.98. The fourth-order valence-electron chi connectivity index (χ4n) is 3.66. The lowest BCUT2D eigenvalue weighted by Gasteiger charge is -2.40. The minimum atomic E-state index is -4.81. The molecular weight excluding hydrogens is 532 g/mol. The first kappa shape index (κ1) is 26.2. The summed E-state index contributed by atoms with van der Waals surface area (Å²) in [5, 5.41) is 2.69. The molecule has 1 aliphatic rings. The Labute approximate surface area is 207 Å². The van der Waals surface area contributed by atoms with E-state index in [0.29, 0.717) is 11.3 Å². The van der Waals surface area contributed by atoms with Crippen LogP contribution in [0, 0.1) is 0 Å². The summed E-state index contributed by atoms with van der Waals surface area (Å²) >= 11 is 0.340. The summed E-state index contributed by atoms with van der Waals surface area (Å²) < 4.78 is 79.9. The average molecular weight is 549 g/mol. The van der Waals surface area contributed by atoms with Gasteiger partial charge in [0.15, 0.2) is 0 Å². The minimum Gasteiger partial charge on any atom is -0.363 e. The minimum absolute atomic E-state index is 0.0667. The van der Waals surface area contributed by atoms with Crippen LogP contribution in [-0.2, 0) is 23.7 Å². The first-order chi connectivity index (χ1) is 17.2. The van der Waals surface area contributed by atoms with Gasteiger partial charge in [-0.05, 0) is 6.92 Å². The molecule has 1 fully saturated rings. The lowest BCUT2D eigenvalue weighted by atomic mass is 10.1. The van der Waals surface area contributed by atoms with E-state index in [9.17, 15) is 35.9 Å². The van der Waals surface area contributed by atoms with Gasteiger partial charge >= 0.3 is 12.4 Å². The number of carbonyl (C=O) groups excluding carboxylic acids is 2. The number of thiazole rings is 1. The smallest absolute Gasteiger partial charge is 0.363 e. The highest BCUT2D eigenvalue weighted by Gasteiger charge is 2.39. The number of halogens is 6. The van der Waals surface area contributed by atoms with E-state index in [2.05, 4.69) is 25.0 Å². The number of hydrogen-bond donors (Lipinski definition) is 1. The summed E-state index contributed by atoms with van der Waals surface area (Å²) in [4.78, 5) is 40.7. The summed E-state index contributed by atoms with van der Waals surface area (Å²) in [6, 6.07) is -0.464. The normalized spacial score (nSPS) is 16.8. The molecule has 1 aliphatic heterocycles. The fraction of sp³-hybridized carbons (Fsp3) is 0.421. The standard InChI is InChI=1S/C19H17F6N9O2S/c1-9-6-32(2-3-34(9)11(35)7-33-8-29-14(31-33)13(26)36)15-12(30-17(37-15)19(23,24)25)10-4-27-16(28-5-10)18(20,21)22/h4-5,8-9H,2-3,6-7H2,1H3,(H2,26,36)/t9-/m1/s1. The molecule has 2 amide bonds. The number of aromatic nitrogens is 6. The molecule has 0 aromatic carbocycles. The van der Waals surface area contributed by atoms with Crippen molar-refractivity contribution in [2.75, 3.05) is 24.5 Å². The van der Waals surface area contributed by atoms with Crippen LogP contribution in [0.2, 0.25) is 0 Å². The third-order valence-corrected chi connectivity index (χ3v) is 6.48. The molecule has 4 heterocycles. The van der Waals surface area contributed by atoms with Gasteiger partial charge in [0.2, 0.25) is 22.6 Å². The van der Waals surface area contributed by atoms with Crippen LogP contribution in [-0.4, -0.2) is 72.1 Å². The Bertz CT molecular complexity index is 1300. The molecule has 0 saturated carbocycles. The van der Waals surface area contributed by atoms with Crippen molar-refractivity contribution in [3.8, 4) is 11.3 Å². The maximum absolute atomic E-state index is 13.4. The molecule has 0 spiro atoms. The Hall–Kier alpha value is -3.83. The van der Waals surface area contributed by atoms with Crippen molar-refractivity contribution in [2.24, 2.45) is 5.73 Å². The SMILES string of the molecule is C[C@@H]1CN(c2sc(C(F)(F)F)nc2-c2cnc(C(F)(F)F)nc2)CCN1C(=O)Cn1cnc(C(N)=O)n1. The number of anilines is 1. The number of hydrogen-bond acceptors (Lipinski definition) is 9. The lowest BCUT2D eigenvalue weighted by molar-refractivity contribution is -0.145. The predicted octanol–water partition coefficient (Wildman–Crippen LogP) is 2.07. The Morgan fingerprint density at radius 3 is 2.30 bits per heavy atom. The van der Waals surface area contributed by atoms with Gasteiger partial charge < -0.3 is 15.5 Å². The predicted molar refractivity (Wildman–Crippen MR) is 115 cm³/mol. The first-order valence-corrected chi connectivity index (χ1v) is 11.3. The van der Waals surface area contributed by atoms with Crippen LogP contribution >= 0.6 is 11.3 Å². The maximum Gasteiger partial charge on any atom is 0.451 e. The van der Waals surface area contributed by atoms with E-state index in [0.717, 1.165) is 17.1 Å². The Morgan fingerprint density at radius 2 is 1.76 bits per heavy atom. The van der Waals surface area contributed by atoms with Gasteiger partial charge in [-0.1, -0.05) is 11.3 Å². The van der Waals surface area contributed by atoms with Crippen LogP contribution in [0.4, 0.5) is 31.3 Å². The molecule has 198 valence electrons.